The molecule has 0 radical (unpaired) electrons. The number of hydrogen-bond acceptors (Lipinski definition) is 2. The topological polar surface area (TPSA) is 35.2 Å². The summed E-state index contributed by atoms with van der Waals surface area (Å²) in [6.07, 6.45) is 2.89. The smallest absolute Gasteiger partial charge is 0.165 e. The molecule has 1 fully saturated rings. The minimum Gasteiger partial charge on any atom is -0.486 e. The van der Waals surface area contributed by atoms with Crippen LogP contribution in [0.2, 0.25) is 0 Å². The number of ether oxygens (including phenoxy) is 1. The zero-order chi connectivity index (χ0) is 14.0. The average Bonchev–Trinajstić information content (AvgIpc) is 2.33. The molecular formula is C16H24FNO. The highest BCUT2D eigenvalue weighted by atomic mass is 19.1. The second-order valence-electron chi connectivity index (χ2n) is 6.63. The van der Waals surface area contributed by atoms with E-state index in [0.717, 1.165) is 19.3 Å². The van der Waals surface area contributed by atoms with Gasteiger partial charge in [-0.2, -0.15) is 0 Å². The van der Waals surface area contributed by atoms with Crippen LogP contribution < -0.4 is 10.5 Å². The third-order valence-corrected chi connectivity index (χ3v) is 4.18. The second kappa shape index (κ2) is 5.49. The normalized spacial score (nSPS) is 28.2. The molecule has 0 saturated heterocycles. The molecule has 106 valence electrons. The monoisotopic (exact) mass is 265 g/mol. The molecule has 19 heavy (non-hydrogen) atoms. The summed E-state index contributed by atoms with van der Waals surface area (Å²) in [6.45, 7) is 6.73. The zero-order valence-electron chi connectivity index (χ0n) is 12.0. The fourth-order valence-corrected chi connectivity index (χ4v) is 2.78. The van der Waals surface area contributed by atoms with Gasteiger partial charge in [0.25, 0.3) is 0 Å². The molecule has 2 nitrogen and oxygen atoms in total. The second-order valence-corrected chi connectivity index (χ2v) is 6.63. The van der Waals surface area contributed by atoms with Crippen LogP contribution in [0.4, 0.5) is 4.39 Å². The minimum atomic E-state index is -0.312. The van der Waals surface area contributed by atoms with Crippen LogP contribution in [0.3, 0.4) is 0 Å². The summed E-state index contributed by atoms with van der Waals surface area (Å²) in [5.74, 6) is 0.578. The van der Waals surface area contributed by atoms with Crippen LogP contribution in [0.15, 0.2) is 24.3 Å². The number of rotatable bonds is 2. The van der Waals surface area contributed by atoms with Gasteiger partial charge in [-0.15, -0.1) is 0 Å². The number of benzene rings is 1. The van der Waals surface area contributed by atoms with E-state index in [2.05, 4.69) is 20.8 Å². The van der Waals surface area contributed by atoms with Crippen LogP contribution in [0, 0.1) is 17.2 Å². The first-order valence-corrected chi connectivity index (χ1v) is 7.04. The average molecular weight is 265 g/mol. The maximum Gasteiger partial charge on any atom is 0.165 e. The fraction of sp³-hybridized carbons (Fsp3) is 0.625. The SMILES string of the molecule is CC(C)(C)C1CCC(N)C(Oc2ccccc2F)C1. The van der Waals surface area contributed by atoms with Crippen molar-refractivity contribution in [2.45, 2.75) is 52.2 Å². The Kier molecular flexibility index (Phi) is 4.14. The van der Waals surface area contributed by atoms with Crippen molar-refractivity contribution >= 4 is 0 Å². The predicted molar refractivity (Wildman–Crippen MR) is 75.6 cm³/mol. The van der Waals surface area contributed by atoms with Gasteiger partial charge in [0.2, 0.25) is 0 Å². The molecule has 3 atom stereocenters. The first kappa shape index (κ1) is 14.3. The predicted octanol–water partition coefficient (Wildman–Crippen LogP) is 3.75. The first-order chi connectivity index (χ1) is 8.88. The van der Waals surface area contributed by atoms with E-state index in [4.69, 9.17) is 10.5 Å². The van der Waals surface area contributed by atoms with Crippen LogP contribution in [-0.4, -0.2) is 12.1 Å². The molecule has 2 N–H and O–H groups in total. The van der Waals surface area contributed by atoms with E-state index in [1.54, 1.807) is 18.2 Å². The molecule has 0 aromatic heterocycles. The van der Waals surface area contributed by atoms with Crippen molar-refractivity contribution in [3.8, 4) is 5.75 Å². The molecule has 1 aliphatic rings. The van der Waals surface area contributed by atoms with Crippen molar-refractivity contribution in [1.82, 2.24) is 0 Å². The molecule has 1 aromatic rings. The van der Waals surface area contributed by atoms with Gasteiger partial charge in [0.1, 0.15) is 6.10 Å². The third kappa shape index (κ3) is 3.47. The Bertz CT molecular complexity index is 427. The molecular weight excluding hydrogens is 241 g/mol. The van der Waals surface area contributed by atoms with E-state index in [-0.39, 0.29) is 23.4 Å². The molecule has 0 amide bonds. The Morgan fingerprint density at radius 1 is 1.21 bits per heavy atom. The highest BCUT2D eigenvalue weighted by molar-refractivity contribution is 5.24. The third-order valence-electron chi connectivity index (χ3n) is 4.18. The van der Waals surface area contributed by atoms with Gasteiger partial charge in [-0.25, -0.2) is 4.39 Å². The number of nitrogens with two attached hydrogens (primary N) is 1. The van der Waals surface area contributed by atoms with E-state index in [1.165, 1.54) is 6.07 Å². The molecule has 0 heterocycles. The Morgan fingerprint density at radius 3 is 2.53 bits per heavy atom. The summed E-state index contributed by atoms with van der Waals surface area (Å²) in [4.78, 5) is 0. The van der Waals surface area contributed by atoms with Crippen molar-refractivity contribution in [3.05, 3.63) is 30.1 Å². The summed E-state index contributed by atoms with van der Waals surface area (Å²) in [5.41, 5.74) is 6.38. The molecule has 0 aliphatic heterocycles. The van der Waals surface area contributed by atoms with Gasteiger partial charge in [-0.1, -0.05) is 32.9 Å². The largest absolute Gasteiger partial charge is 0.486 e. The van der Waals surface area contributed by atoms with E-state index in [1.807, 2.05) is 0 Å². The maximum atomic E-state index is 13.6. The lowest BCUT2D eigenvalue weighted by molar-refractivity contribution is 0.0567. The Labute approximate surface area is 115 Å². The summed E-state index contributed by atoms with van der Waals surface area (Å²) in [6, 6.07) is 6.54. The number of halogens is 1. The van der Waals surface area contributed by atoms with Gasteiger partial charge in [0, 0.05) is 6.04 Å². The van der Waals surface area contributed by atoms with Gasteiger partial charge in [0.15, 0.2) is 11.6 Å². The van der Waals surface area contributed by atoms with E-state index < -0.39 is 0 Å². The van der Waals surface area contributed by atoms with E-state index in [9.17, 15) is 4.39 Å². The van der Waals surface area contributed by atoms with E-state index >= 15 is 0 Å². The van der Waals surface area contributed by atoms with Crippen LogP contribution >= 0.6 is 0 Å². The van der Waals surface area contributed by atoms with Crippen molar-refractivity contribution in [3.63, 3.8) is 0 Å². The number of para-hydroxylation sites is 1. The Hall–Kier alpha value is -1.09. The standard InChI is InChI=1S/C16H24FNO/c1-16(2,3)11-8-9-13(18)15(10-11)19-14-7-5-4-6-12(14)17/h4-7,11,13,15H,8-10,18H2,1-3H3. The van der Waals surface area contributed by atoms with Crippen molar-refractivity contribution in [2.75, 3.05) is 0 Å². The van der Waals surface area contributed by atoms with Gasteiger partial charge < -0.3 is 10.5 Å². The highest BCUT2D eigenvalue weighted by Gasteiger charge is 2.35. The first-order valence-electron chi connectivity index (χ1n) is 7.04. The molecule has 1 saturated carbocycles. The summed E-state index contributed by atoms with van der Waals surface area (Å²) >= 11 is 0. The quantitative estimate of drug-likeness (QED) is 0.884. The maximum absolute atomic E-state index is 13.6. The zero-order valence-corrected chi connectivity index (χ0v) is 12.0. The molecule has 2 rings (SSSR count). The van der Waals surface area contributed by atoms with Crippen molar-refractivity contribution in [2.24, 2.45) is 17.1 Å². The lowest BCUT2D eigenvalue weighted by Gasteiger charge is -2.40. The van der Waals surface area contributed by atoms with Crippen LogP contribution in [0.1, 0.15) is 40.0 Å². The number of hydrogen-bond donors (Lipinski definition) is 1. The molecule has 3 heteroatoms. The molecule has 0 bridgehead atoms. The minimum absolute atomic E-state index is 0.00166. The van der Waals surface area contributed by atoms with Crippen LogP contribution in [-0.2, 0) is 0 Å². The van der Waals surface area contributed by atoms with Gasteiger partial charge in [-0.3, -0.25) is 0 Å². The lowest BCUT2D eigenvalue weighted by Crippen LogP contribution is -2.46. The van der Waals surface area contributed by atoms with Crippen LogP contribution in [0.25, 0.3) is 0 Å². The molecule has 0 spiro atoms. The summed E-state index contributed by atoms with van der Waals surface area (Å²) in [7, 11) is 0. The summed E-state index contributed by atoms with van der Waals surface area (Å²) in [5, 5.41) is 0. The fourth-order valence-electron chi connectivity index (χ4n) is 2.78. The van der Waals surface area contributed by atoms with Crippen LogP contribution in [0.5, 0.6) is 5.75 Å². The molecule has 1 aliphatic carbocycles. The lowest BCUT2D eigenvalue weighted by atomic mass is 9.70. The van der Waals surface area contributed by atoms with E-state index in [0.29, 0.717) is 11.7 Å². The molecule has 1 aromatic carbocycles. The van der Waals surface area contributed by atoms with Gasteiger partial charge in [-0.05, 0) is 42.7 Å². The van der Waals surface area contributed by atoms with Gasteiger partial charge >= 0.3 is 0 Å². The van der Waals surface area contributed by atoms with Gasteiger partial charge in [0.05, 0.1) is 0 Å². The Balaban J connectivity index is 2.08. The highest BCUT2D eigenvalue weighted by Crippen LogP contribution is 2.38. The molecule has 3 unspecified atom stereocenters. The Morgan fingerprint density at radius 2 is 1.89 bits per heavy atom. The summed E-state index contributed by atoms with van der Waals surface area (Å²) < 4.78 is 19.5. The van der Waals surface area contributed by atoms with Crippen molar-refractivity contribution in [1.29, 1.82) is 0 Å². The van der Waals surface area contributed by atoms with Crippen molar-refractivity contribution < 1.29 is 9.13 Å².